The highest BCUT2D eigenvalue weighted by molar-refractivity contribution is 5.95. The number of aromatic nitrogens is 1. The molecule has 1 amide bonds. The van der Waals surface area contributed by atoms with E-state index < -0.39 is 17.8 Å². The number of ether oxygens (including phenoxy) is 1. The monoisotopic (exact) mass is 254 g/mol. The third kappa shape index (κ3) is 3.51. The van der Waals surface area contributed by atoms with Crippen LogP contribution in [0.5, 0.6) is 0 Å². The second-order valence-electron chi connectivity index (χ2n) is 3.64. The number of carbonyl (C=O) groups is 2. The van der Waals surface area contributed by atoms with E-state index in [4.69, 9.17) is 0 Å². The van der Waals surface area contributed by atoms with Gasteiger partial charge in [-0.3, -0.25) is 9.59 Å². The van der Waals surface area contributed by atoms with Crippen LogP contribution < -0.4 is 0 Å². The van der Waals surface area contributed by atoms with Gasteiger partial charge in [-0.25, -0.2) is 4.98 Å². The lowest BCUT2D eigenvalue weighted by molar-refractivity contribution is -0.141. The molecule has 0 atom stereocenters. The van der Waals surface area contributed by atoms with E-state index in [0.29, 0.717) is 13.0 Å². The summed E-state index contributed by atoms with van der Waals surface area (Å²) in [6.45, 7) is 2.01. The molecule has 0 bridgehead atoms. The van der Waals surface area contributed by atoms with Crippen molar-refractivity contribution in [2.75, 3.05) is 20.2 Å². The fourth-order valence-corrected chi connectivity index (χ4v) is 1.46. The van der Waals surface area contributed by atoms with Crippen molar-refractivity contribution < 1.29 is 18.7 Å². The molecule has 6 heteroatoms. The first-order chi connectivity index (χ1) is 8.60. The third-order valence-corrected chi connectivity index (χ3v) is 2.32. The summed E-state index contributed by atoms with van der Waals surface area (Å²) < 4.78 is 17.9. The molecule has 1 heterocycles. The summed E-state index contributed by atoms with van der Waals surface area (Å²) in [5, 5.41) is 0. The predicted octanol–water partition coefficient (Wildman–Crippen LogP) is 1.25. The molecule has 98 valence electrons. The normalized spacial score (nSPS) is 9.94. The maximum absolute atomic E-state index is 13.4. The Labute approximate surface area is 105 Å². The van der Waals surface area contributed by atoms with Crippen LogP contribution in [-0.2, 0) is 9.53 Å². The number of pyridine rings is 1. The molecular formula is C12H15FN2O3. The van der Waals surface area contributed by atoms with Crippen LogP contribution >= 0.6 is 0 Å². The molecule has 1 rings (SSSR count). The molecule has 1 aromatic rings. The largest absolute Gasteiger partial charge is 0.468 e. The van der Waals surface area contributed by atoms with E-state index >= 15 is 0 Å². The standard InChI is InChI=1S/C12H15FN2O3/c1-3-7-15(8-10(16)18-2)12(17)9-5-4-6-14-11(9)13/h4-6H,3,7-8H2,1-2H3. The maximum atomic E-state index is 13.4. The zero-order valence-electron chi connectivity index (χ0n) is 10.4. The quantitative estimate of drug-likeness (QED) is 0.586. The summed E-state index contributed by atoms with van der Waals surface area (Å²) in [5.74, 6) is -1.94. The van der Waals surface area contributed by atoms with Crippen molar-refractivity contribution in [2.24, 2.45) is 0 Å². The third-order valence-electron chi connectivity index (χ3n) is 2.32. The van der Waals surface area contributed by atoms with E-state index in [1.165, 1.54) is 30.3 Å². The Kier molecular flexibility index (Phi) is 5.23. The van der Waals surface area contributed by atoms with Gasteiger partial charge >= 0.3 is 5.97 Å². The van der Waals surface area contributed by atoms with Gasteiger partial charge in [0.25, 0.3) is 5.91 Å². The van der Waals surface area contributed by atoms with Crippen molar-refractivity contribution in [3.05, 3.63) is 29.8 Å². The van der Waals surface area contributed by atoms with Crippen molar-refractivity contribution in [3.8, 4) is 0 Å². The average Bonchev–Trinajstić information content (AvgIpc) is 2.38. The van der Waals surface area contributed by atoms with E-state index in [-0.39, 0.29) is 12.1 Å². The molecule has 0 fully saturated rings. The molecule has 18 heavy (non-hydrogen) atoms. The van der Waals surface area contributed by atoms with Crippen molar-refractivity contribution in [3.63, 3.8) is 0 Å². The summed E-state index contributed by atoms with van der Waals surface area (Å²) >= 11 is 0. The van der Waals surface area contributed by atoms with Crippen LogP contribution in [-0.4, -0.2) is 42.0 Å². The van der Waals surface area contributed by atoms with Crippen molar-refractivity contribution in [2.45, 2.75) is 13.3 Å². The summed E-state index contributed by atoms with van der Waals surface area (Å²) in [5.41, 5.74) is -0.144. The van der Waals surface area contributed by atoms with E-state index in [1.54, 1.807) is 0 Å². The number of methoxy groups -OCH3 is 1. The minimum absolute atomic E-state index is 0.144. The fourth-order valence-electron chi connectivity index (χ4n) is 1.46. The van der Waals surface area contributed by atoms with E-state index in [1.807, 2.05) is 6.92 Å². The number of hydrogen-bond donors (Lipinski definition) is 0. The van der Waals surface area contributed by atoms with Crippen LogP contribution in [0.1, 0.15) is 23.7 Å². The number of nitrogens with zero attached hydrogens (tertiary/aromatic N) is 2. The van der Waals surface area contributed by atoms with Crippen LogP contribution in [0.2, 0.25) is 0 Å². The zero-order chi connectivity index (χ0) is 13.5. The maximum Gasteiger partial charge on any atom is 0.325 e. The van der Waals surface area contributed by atoms with Gasteiger partial charge < -0.3 is 9.64 Å². The fraction of sp³-hybridized carbons (Fsp3) is 0.417. The molecule has 1 aromatic heterocycles. The molecule has 5 nitrogen and oxygen atoms in total. The lowest BCUT2D eigenvalue weighted by atomic mass is 10.2. The topological polar surface area (TPSA) is 59.5 Å². The molecule has 0 aromatic carbocycles. The van der Waals surface area contributed by atoms with Crippen molar-refractivity contribution >= 4 is 11.9 Å². The van der Waals surface area contributed by atoms with Crippen LogP contribution in [0, 0.1) is 5.95 Å². The number of halogens is 1. The second-order valence-corrected chi connectivity index (χ2v) is 3.64. The van der Waals surface area contributed by atoms with Crippen molar-refractivity contribution in [1.82, 2.24) is 9.88 Å². The number of carbonyl (C=O) groups excluding carboxylic acids is 2. The molecule has 0 radical (unpaired) electrons. The lowest BCUT2D eigenvalue weighted by Gasteiger charge is -2.20. The van der Waals surface area contributed by atoms with Gasteiger partial charge in [-0.2, -0.15) is 4.39 Å². The Morgan fingerprint density at radius 2 is 2.22 bits per heavy atom. The summed E-state index contributed by atoms with van der Waals surface area (Å²) in [4.78, 5) is 27.9. The smallest absolute Gasteiger partial charge is 0.325 e. The molecule has 0 saturated heterocycles. The van der Waals surface area contributed by atoms with E-state index in [0.717, 1.165) is 0 Å². The number of hydrogen-bond acceptors (Lipinski definition) is 4. The Morgan fingerprint density at radius 1 is 1.50 bits per heavy atom. The van der Waals surface area contributed by atoms with Gasteiger partial charge in [0, 0.05) is 12.7 Å². The van der Waals surface area contributed by atoms with Gasteiger partial charge in [0.2, 0.25) is 5.95 Å². The molecule has 0 saturated carbocycles. The Balaban J connectivity index is 2.89. The summed E-state index contributed by atoms with van der Waals surface area (Å²) in [6.07, 6.45) is 1.92. The minimum Gasteiger partial charge on any atom is -0.468 e. The van der Waals surface area contributed by atoms with E-state index in [2.05, 4.69) is 9.72 Å². The Morgan fingerprint density at radius 3 is 2.78 bits per heavy atom. The van der Waals surface area contributed by atoms with E-state index in [9.17, 15) is 14.0 Å². The minimum atomic E-state index is -0.839. The predicted molar refractivity (Wildman–Crippen MR) is 62.4 cm³/mol. The SMILES string of the molecule is CCCN(CC(=O)OC)C(=O)c1cccnc1F. The van der Waals surface area contributed by atoms with Gasteiger partial charge in [-0.1, -0.05) is 6.92 Å². The van der Waals surface area contributed by atoms with Gasteiger partial charge in [0.1, 0.15) is 6.54 Å². The molecule has 0 aliphatic rings. The number of esters is 1. The molecular weight excluding hydrogens is 239 g/mol. The molecule has 0 aliphatic heterocycles. The second kappa shape index (κ2) is 6.68. The Bertz CT molecular complexity index is 437. The van der Waals surface area contributed by atoms with Crippen LogP contribution in [0.15, 0.2) is 18.3 Å². The zero-order valence-corrected chi connectivity index (χ0v) is 10.4. The van der Waals surface area contributed by atoms with Gasteiger partial charge in [-0.15, -0.1) is 0 Å². The highest BCUT2D eigenvalue weighted by Gasteiger charge is 2.21. The number of rotatable bonds is 5. The average molecular weight is 254 g/mol. The van der Waals surface area contributed by atoms with Gasteiger partial charge in [-0.05, 0) is 18.6 Å². The van der Waals surface area contributed by atoms with Crippen LogP contribution in [0.25, 0.3) is 0 Å². The van der Waals surface area contributed by atoms with Crippen LogP contribution in [0.4, 0.5) is 4.39 Å². The first-order valence-corrected chi connectivity index (χ1v) is 5.56. The Hall–Kier alpha value is -1.98. The van der Waals surface area contributed by atoms with Crippen LogP contribution in [0.3, 0.4) is 0 Å². The highest BCUT2D eigenvalue weighted by atomic mass is 19.1. The molecule has 0 spiro atoms. The molecule has 0 unspecified atom stereocenters. The lowest BCUT2D eigenvalue weighted by Crippen LogP contribution is -2.37. The highest BCUT2D eigenvalue weighted by Crippen LogP contribution is 2.08. The first-order valence-electron chi connectivity index (χ1n) is 5.56. The number of amides is 1. The summed E-state index contributed by atoms with van der Waals surface area (Å²) in [6, 6.07) is 2.81. The van der Waals surface area contributed by atoms with Gasteiger partial charge in [0.15, 0.2) is 0 Å². The molecule has 0 N–H and O–H groups in total. The molecule has 0 aliphatic carbocycles. The summed E-state index contributed by atoms with van der Waals surface area (Å²) in [7, 11) is 1.24. The van der Waals surface area contributed by atoms with Crippen molar-refractivity contribution in [1.29, 1.82) is 0 Å². The first kappa shape index (κ1) is 14.1. The van der Waals surface area contributed by atoms with Gasteiger partial charge in [0.05, 0.1) is 12.7 Å².